The van der Waals surface area contributed by atoms with E-state index in [0.717, 1.165) is 6.07 Å². The molecule has 0 radical (unpaired) electrons. The lowest BCUT2D eigenvalue weighted by Gasteiger charge is -2.38. The van der Waals surface area contributed by atoms with Crippen molar-refractivity contribution >= 4 is 11.7 Å². The smallest absolute Gasteiger partial charge is 0.314 e. The van der Waals surface area contributed by atoms with Crippen LogP contribution in [-0.2, 0) is 10.2 Å². The van der Waals surface area contributed by atoms with Crippen molar-refractivity contribution in [3.63, 3.8) is 0 Å². The molecule has 0 aromatic heterocycles. The summed E-state index contributed by atoms with van der Waals surface area (Å²) in [6.45, 7) is 0. The Labute approximate surface area is 101 Å². The minimum Gasteiger partial charge on any atom is -0.508 e. The molecular weight excluding hydrogens is 245 g/mol. The molecule has 1 saturated carbocycles. The van der Waals surface area contributed by atoms with Crippen molar-refractivity contribution in [3.05, 3.63) is 33.6 Å². The van der Waals surface area contributed by atoms with E-state index in [1.165, 1.54) is 0 Å². The van der Waals surface area contributed by atoms with Crippen molar-refractivity contribution < 1.29 is 24.3 Å². The van der Waals surface area contributed by atoms with Gasteiger partial charge in [0.2, 0.25) is 5.82 Å². The van der Waals surface area contributed by atoms with Crippen LogP contribution in [0.25, 0.3) is 0 Å². The van der Waals surface area contributed by atoms with Crippen LogP contribution in [0.1, 0.15) is 24.8 Å². The molecule has 1 aliphatic carbocycles. The SMILES string of the molecule is O=C(O)C1(c2cc([N+](=O)[O-])c(F)cc2O)CCC1. The number of hydrogen-bond acceptors (Lipinski definition) is 4. The largest absolute Gasteiger partial charge is 0.508 e. The molecule has 6 nitrogen and oxygen atoms in total. The number of phenols is 1. The van der Waals surface area contributed by atoms with Crippen LogP contribution in [0.4, 0.5) is 10.1 Å². The van der Waals surface area contributed by atoms with Gasteiger partial charge in [0.05, 0.1) is 10.3 Å². The number of halogens is 1. The average molecular weight is 255 g/mol. The lowest BCUT2D eigenvalue weighted by molar-refractivity contribution is -0.387. The summed E-state index contributed by atoms with van der Waals surface area (Å²) in [6, 6.07) is 1.41. The topological polar surface area (TPSA) is 101 Å². The lowest BCUT2D eigenvalue weighted by Crippen LogP contribution is -2.42. The van der Waals surface area contributed by atoms with Crippen molar-refractivity contribution in [2.24, 2.45) is 0 Å². The summed E-state index contributed by atoms with van der Waals surface area (Å²) in [7, 11) is 0. The Balaban J connectivity index is 2.60. The number of carbonyl (C=O) groups is 1. The predicted molar refractivity (Wildman–Crippen MR) is 57.9 cm³/mol. The molecule has 2 rings (SSSR count). The molecule has 18 heavy (non-hydrogen) atoms. The number of phenolic OH excluding ortho intramolecular Hbond substituents is 1. The van der Waals surface area contributed by atoms with Gasteiger partial charge in [-0.2, -0.15) is 4.39 Å². The highest BCUT2D eigenvalue weighted by Gasteiger charge is 2.48. The van der Waals surface area contributed by atoms with E-state index in [4.69, 9.17) is 0 Å². The fourth-order valence-electron chi connectivity index (χ4n) is 2.20. The number of nitro groups is 1. The van der Waals surface area contributed by atoms with E-state index in [1.54, 1.807) is 0 Å². The van der Waals surface area contributed by atoms with Crippen LogP contribution >= 0.6 is 0 Å². The van der Waals surface area contributed by atoms with Gasteiger partial charge < -0.3 is 10.2 Å². The monoisotopic (exact) mass is 255 g/mol. The molecule has 0 heterocycles. The Morgan fingerprint density at radius 2 is 2.06 bits per heavy atom. The third-order valence-electron chi connectivity index (χ3n) is 3.39. The minimum absolute atomic E-state index is 0.0886. The minimum atomic E-state index is -1.33. The number of carboxylic acid groups (broad SMARTS) is 1. The van der Waals surface area contributed by atoms with E-state index < -0.39 is 33.6 Å². The molecule has 0 aliphatic heterocycles. The van der Waals surface area contributed by atoms with Crippen molar-refractivity contribution in [3.8, 4) is 5.75 Å². The number of rotatable bonds is 3. The highest BCUT2D eigenvalue weighted by atomic mass is 19.1. The molecule has 96 valence electrons. The number of carboxylic acids is 1. The first-order valence-corrected chi connectivity index (χ1v) is 5.29. The fraction of sp³-hybridized carbons (Fsp3) is 0.364. The number of aromatic hydroxyl groups is 1. The Morgan fingerprint density at radius 1 is 1.44 bits per heavy atom. The molecule has 0 unspecified atom stereocenters. The molecule has 1 aromatic carbocycles. The molecule has 0 bridgehead atoms. The van der Waals surface area contributed by atoms with Gasteiger partial charge in [-0.15, -0.1) is 0 Å². The molecule has 0 spiro atoms. The number of nitrogens with zero attached hydrogens (tertiary/aromatic N) is 1. The first-order valence-electron chi connectivity index (χ1n) is 5.29. The molecule has 0 saturated heterocycles. The Morgan fingerprint density at radius 3 is 2.44 bits per heavy atom. The summed E-state index contributed by atoms with van der Waals surface area (Å²) in [5, 5.41) is 29.4. The molecule has 2 N–H and O–H groups in total. The van der Waals surface area contributed by atoms with Crippen molar-refractivity contribution in [2.45, 2.75) is 24.7 Å². The number of hydrogen-bond donors (Lipinski definition) is 2. The fourth-order valence-corrected chi connectivity index (χ4v) is 2.20. The van der Waals surface area contributed by atoms with Crippen molar-refractivity contribution in [2.75, 3.05) is 0 Å². The quantitative estimate of drug-likeness (QED) is 0.635. The highest BCUT2D eigenvalue weighted by Crippen LogP contribution is 2.48. The van der Waals surface area contributed by atoms with Crippen molar-refractivity contribution in [1.29, 1.82) is 0 Å². The van der Waals surface area contributed by atoms with E-state index in [-0.39, 0.29) is 18.4 Å². The van der Waals surface area contributed by atoms with Gasteiger partial charge >= 0.3 is 11.7 Å². The summed E-state index contributed by atoms with van der Waals surface area (Å²) in [5.74, 6) is -2.90. The molecular formula is C11H10FNO5. The van der Waals surface area contributed by atoms with Crippen LogP contribution < -0.4 is 0 Å². The Hall–Kier alpha value is -2.18. The Bertz CT molecular complexity index is 538. The van der Waals surface area contributed by atoms with Gasteiger partial charge in [0, 0.05) is 17.7 Å². The lowest BCUT2D eigenvalue weighted by atomic mass is 9.64. The van der Waals surface area contributed by atoms with Crippen LogP contribution in [0.5, 0.6) is 5.75 Å². The Kier molecular flexibility index (Phi) is 2.68. The average Bonchev–Trinajstić information content (AvgIpc) is 2.18. The van der Waals surface area contributed by atoms with Crippen LogP contribution in [0.15, 0.2) is 12.1 Å². The molecule has 0 atom stereocenters. The molecule has 1 aliphatic rings. The van der Waals surface area contributed by atoms with E-state index in [0.29, 0.717) is 12.5 Å². The van der Waals surface area contributed by atoms with Crippen LogP contribution in [0.3, 0.4) is 0 Å². The van der Waals surface area contributed by atoms with E-state index in [2.05, 4.69) is 0 Å². The zero-order valence-electron chi connectivity index (χ0n) is 9.22. The van der Waals surface area contributed by atoms with E-state index in [1.807, 2.05) is 0 Å². The second-order valence-electron chi connectivity index (χ2n) is 4.32. The molecule has 7 heteroatoms. The van der Waals surface area contributed by atoms with Gasteiger partial charge in [0.15, 0.2) is 0 Å². The second kappa shape index (κ2) is 3.94. The van der Waals surface area contributed by atoms with Gasteiger partial charge in [-0.25, -0.2) is 0 Å². The van der Waals surface area contributed by atoms with Crippen LogP contribution in [-0.4, -0.2) is 21.1 Å². The summed E-state index contributed by atoms with van der Waals surface area (Å²) in [4.78, 5) is 20.9. The summed E-state index contributed by atoms with van der Waals surface area (Å²) < 4.78 is 13.2. The summed E-state index contributed by atoms with van der Waals surface area (Å²) in [6.07, 6.45) is 1.20. The molecule has 1 aromatic rings. The second-order valence-corrected chi connectivity index (χ2v) is 4.32. The zero-order valence-corrected chi connectivity index (χ0v) is 9.22. The standard InChI is InChI=1S/C11H10FNO5/c12-7-5-9(14)6(4-8(7)13(17)18)11(10(15)16)2-1-3-11/h4-5,14H,1-3H2,(H,15,16). The van der Waals surface area contributed by atoms with Gasteiger partial charge in [0.1, 0.15) is 5.75 Å². The van der Waals surface area contributed by atoms with Crippen molar-refractivity contribution in [1.82, 2.24) is 0 Å². The normalized spacial score (nSPS) is 16.9. The van der Waals surface area contributed by atoms with Gasteiger partial charge in [-0.1, -0.05) is 6.42 Å². The number of aliphatic carboxylic acids is 1. The first-order chi connectivity index (χ1) is 8.38. The third-order valence-corrected chi connectivity index (χ3v) is 3.39. The summed E-state index contributed by atoms with van der Waals surface area (Å²) >= 11 is 0. The van der Waals surface area contributed by atoms with Crippen LogP contribution in [0, 0.1) is 15.9 Å². The van der Waals surface area contributed by atoms with Gasteiger partial charge in [-0.3, -0.25) is 14.9 Å². The molecule has 0 amide bonds. The van der Waals surface area contributed by atoms with E-state index >= 15 is 0 Å². The maximum atomic E-state index is 13.2. The van der Waals surface area contributed by atoms with E-state index in [9.17, 15) is 29.5 Å². The molecule has 1 fully saturated rings. The first kappa shape index (κ1) is 12.3. The van der Waals surface area contributed by atoms with Gasteiger partial charge in [0.25, 0.3) is 0 Å². The van der Waals surface area contributed by atoms with Gasteiger partial charge in [-0.05, 0) is 12.8 Å². The predicted octanol–water partition coefficient (Wildman–Crippen LogP) is 1.95. The zero-order chi connectivity index (χ0) is 13.5. The highest BCUT2D eigenvalue weighted by molar-refractivity contribution is 5.84. The number of nitro benzene ring substituents is 1. The maximum Gasteiger partial charge on any atom is 0.314 e. The summed E-state index contributed by atoms with van der Waals surface area (Å²) in [5.41, 5.74) is -2.24. The number of benzene rings is 1. The van der Waals surface area contributed by atoms with Crippen LogP contribution in [0.2, 0.25) is 0 Å². The third kappa shape index (κ3) is 1.59. The maximum absolute atomic E-state index is 13.2.